The molecule has 0 bridgehead atoms. The Hall–Kier alpha value is -2.69. The summed E-state index contributed by atoms with van der Waals surface area (Å²) in [4.78, 5) is 5.74. The van der Waals surface area contributed by atoms with Crippen LogP contribution < -0.4 is 4.74 Å². The molecule has 0 saturated carbocycles. The Labute approximate surface area is 178 Å². The lowest BCUT2D eigenvalue weighted by molar-refractivity contribution is 0.152. The first kappa shape index (κ1) is 19.6. The standard InChI is InChI=1S/C25H26N2OS/c1-28-23-15-9-8-14-22(23)25(29)27-18-16-26(17-19-27)24(20-10-4-2-5-11-20)21-12-6-3-7-13-21/h2-15,24H,16-19H2,1H3. The highest BCUT2D eigenvalue weighted by atomic mass is 32.1. The van der Waals surface area contributed by atoms with Crippen LogP contribution in [0.5, 0.6) is 5.75 Å². The fraction of sp³-hybridized carbons (Fsp3) is 0.240. The summed E-state index contributed by atoms with van der Waals surface area (Å²) in [5, 5.41) is 0. The zero-order chi connectivity index (χ0) is 20.1. The van der Waals surface area contributed by atoms with Gasteiger partial charge in [-0.05, 0) is 23.3 Å². The van der Waals surface area contributed by atoms with E-state index in [4.69, 9.17) is 17.0 Å². The van der Waals surface area contributed by atoms with E-state index in [1.807, 2.05) is 24.3 Å². The third-order valence-electron chi connectivity index (χ3n) is 5.53. The molecule has 0 atom stereocenters. The third kappa shape index (κ3) is 4.34. The molecule has 148 valence electrons. The molecule has 1 heterocycles. The molecule has 3 nitrogen and oxygen atoms in total. The molecule has 0 N–H and O–H groups in total. The van der Waals surface area contributed by atoms with Crippen LogP contribution in [0.4, 0.5) is 0 Å². The Morgan fingerprint density at radius 3 is 1.83 bits per heavy atom. The van der Waals surface area contributed by atoms with Crippen LogP contribution in [0.15, 0.2) is 84.9 Å². The summed E-state index contributed by atoms with van der Waals surface area (Å²) in [5.41, 5.74) is 3.67. The highest BCUT2D eigenvalue weighted by Crippen LogP contribution is 2.30. The van der Waals surface area contributed by atoms with Gasteiger partial charge >= 0.3 is 0 Å². The van der Waals surface area contributed by atoms with Gasteiger partial charge in [-0.25, -0.2) is 0 Å². The van der Waals surface area contributed by atoms with Crippen LogP contribution in [0.25, 0.3) is 0 Å². The largest absolute Gasteiger partial charge is 0.496 e. The first-order valence-electron chi connectivity index (χ1n) is 10.0. The lowest BCUT2D eigenvalue weighted by Gasteiger charge is -2.40. The van der Waals surface area contributed by atoms with Gasteiger partial charge in [0.05, 0.1) is 18.7 Å². The first-order chi connectivity index (χ1) is 14.3. The van der Waals surface area contributed by atoms with Crippen molar-refractivity contribution in [2.24, 2.45) is 0 Å². The van der Waals surface area contributed by atoms with Crippen LogP contribution >= 0.6 is 12.2 Å². The summed E-state index contributed by atoms with van der Waals surface area (Å²) in [7, 11) is 1.70. The molecule has 0 spiro atoms. The average Bonchev–Trinajstić information content (AvgIpc) is 2.81. The molecule has 3 aromatic carbocycles. The minimum atomic E-state index is 0.263. The van der Waals surface area contributed by atoms with Crippen molar-refractivity contribution in [1.82, 2.24) is 9.80 Å². The number of piperazine rings is 1. The molecule has 29 heavy (non-hydrogen) atoms. The molecule has 1 aliphatic heterocycles. The van der Waals surface area contributed by atoms with Crippen LogP contribution in [-0.2, 0) is 0 Å². The number of para-hydroxylation sites is 1. The van der Waals surface area contributed by atoms with Gasteiger partial charge in [-0.3, -0.25) is 4.90 Å². The van der Waals surface area contributed by atoms with Crippen molar-refractivity contribution in [1.29, 1.82) is 0 Å². The highest BCUT2D eigenvalue weighted by molar-refractivity contribution is 7.80. The lowest BCUT2D eigenvalue weighted by Crippen LogP contribution is -2.49. The summed E-state index contributed by atoms with van der Waals surface area (Å²) >= 11 is 5.81. The second kappa shape index (κ2) is 9.21. The predicted molar refractivity (Wildman–Crippen MR) is 123 cm³/mol. The molecule has 0 unspecified atom stereocenters. The fourth-order valence-electron chi connectivity index (χ4n) is 4.06. The zero-order valence-electron chi connectivity index (χ0n) is 16.7. The topological polar surface area (TPSA) is 15.7 Å². The number of rotatable bonds is 5. The summed E-state index contributed by atoms with van der Waals surface area (Å²) in [5.74, 6) is 0.839. The SMILES string of the molecule is COc1ccccc1C(=S)N1CCN(C(c2ccccc2)c2ccccc2)CC1. The van der Waals surface area contributed by atoms with E-state index >= 15 is 0 Å². The minimum absolute atomic E-state index is 0.263. The minimum Gasteiger partial charge on any atom is -0.496 e. The Morgan fingerprint density at radius 2 is 1.28 bits per heavy atom. The molecule has 0 radical (unpaired) electrons. The van der Waals surface area contributed by atoms with E-state index in [2.05, 4.69) is 70.5 Å². The lowest BCUT2D eigenvalue weighted by atomic mass is 9.96. The smallest absolute Gasteiger partial charge is 0.129 e. The fourth-order valence-corrected chi connectivity index (χ4v) is 4.41. The summed E-state index contributed by atoms with van der Waals surface area (Å²) in [6.45, 7) is 3.74. The van der Waals surface area contributed by atoms with Crippen LogP contribution in [0.3, 0.4) is 0 Å². The van der Waals surface area contributed by atoms with Gasteiger partial charge in [-0.15, -0.1) is 0 Å². The Morgan fingerprint density at radius 1 is 0.759 bits per heavy atom. The second-order valence-electron chi connectivity index (χ2n) is 7.25. The van der Waals surface area contributed by atoms with Gasteiger partial charge in [-0.2, -0.15) is 0 Å². The maximum atomic E-state index is 5.81. The molecule has 1 saturated heterocycles. The van der Waals surface area contributed by atoms with E-state index in [1.54, 1.807) is 7.11 Å². The molecular formula is C25H26N2OS. The normalized spacial score (nSPS) is 14.8. The maximum absolute atomic E-state index is 5.81. The van der Waals surface area contributed by atoms with Crippen LogP contribution in [0, 0.1) is 0 Å². The average molecular weight is 403 g/mol. The second-order valence-corrected chi connectivity index (χ2v) is 7.64. The van der Waals surface area contributed by atoms with Crippen molar-refractivity contribution in [2.75, 3.05) is 33.3 Å². The number of thiocarbonyl (C=S) groups is 1. The summed E-state index contributed by atoms with van der Waals surface area (Å²) in [6.07, 6.45) is 0. The van der Waals surface area contributed by atoms with Crippen LogP contribution in [0.2, 0.25) is 0 Å². The van der Waals surface area contributed by atoms with Gasteiger partial charge in [0, 0.05) is 26.2 Å². The van der Waals surface area contributed by atoms with E-state index < -0.39 is 0 Å². The predicted octanol–water partition coefficient (Wildman–Crippen LogP) is 4.78. The van der Waals surface area contributed by atoms with E-state index in [0.29, 0.717) is 0 Å². The first-order valence-corrected chi connectivity index (χ1v) is 10.4. The van der Waals surface area contributed by atoms with Crippen molar-refractivity contribution < 1.29 is 4.74 Å². The van der Waals surface area contributed by atoms with Gasteiger partial charge in [0.1, 0.15) is 10.7 Å². The molecular weight excluding hydrogens is 376 g/mol. The van der Waals surface area contributed by atoms with Gasteiger partial charge in [-0.1, -0.05) is 85.0 Å². The third-order valence-corrected chi connectivity index (χ3v) is 6.01. The zero-order valence-corrected chi connectivity index (χ0v) is 17.5. The Balaban J connectivity index is 1.52. The Bertz CT molecular complexity index is 898. The molecule has 1 fully saturated rings. The van der Waals surface area contributed by atoms with E-state index in [-0.39, 0.29) is 6.04 Å². The highest BCUT2D eigenvalue weighted by Gasteiger charge is 2.27. The summed E-state index contributed by atoms with van der Waals surface area (Å²) in [6, 6.07) is 29.8. The quantitative estimate of drug-likeness (QED) is 0.571. The molecule has 4 heteroatoms. The molecule has 3 aromatic rings. The molecule has 0 aliphatic carbocycles. The number of hydrogen-bond donors (Lipinski definition) is 0. The van der Waals surface area contributed by atoms with Gasteiger partial charge in [0.2, 0.25) is 0 Å². The number of nitrogens with zero attached hydrogens (tertiary/aromatic N) is 2. The van der Waals surface area contributed by atoms with E-state index in [0.717, 1.165) is 42.5 Å². The van der Waals surface area contributed by atoms with Gasteiger partial charge in [0.15, 0.2) is 0 Å². The maximum Gasteiger partial charge on any atom is 0.129 e. The summed E-state index contributed by atoms with van der Waals surface area (Å²) < 4.78 is 5.51. The molecule has 0 aromatic heterocycles. The van der Waals surface area contributed by atoms with Crippen molar-refractivity contribution in [3.8, 4) is 5.75 Å². The number of hydrogen-bond acceptors (Lipinski definition) is 3. The van der Waals surface area contributed by atoms with Crippen molar-refractivity contribution >= 4 is 17.2 Å². The number of benzene rings is 3. The van der Waals surface area contributed by atoms with E-state index in [1.165, 1.54) is 11.1 Å². The molecule has 1 aliphatic rings. The van der Waals surface area contributed by atoms with Gasteiger partial charge in [0.25, 0.3) is 0 Å². The van der Waals surface area contributed by atoms with Gasteiger partial charge < -0.3 is 9.64 Å². The Kier molecular flexibility index (Phi) is 6.23. The molecule has 4 rings (SSSR count). The van der Waals surface area contributed by atoms with Crippen molar-refractivity contribution in [3.05, 3.63) is 102 Å². The van der Waals surface area contributed by atoms with Crippen molar-refractivity contribution in [2.45, 2.75) is 6.04 Å². The van der Waals surface area contributed by atoms with Crippen LogP contribution in [-0.4, -0.2) is 48.1 Å². The van der Waals surface area contributed by atoms with Crippen LogP contribution in [0.1, 0.15) is 22.7 Å². The number of methoxy groups -OCH3 is 1. The van der Waals surface area contributed by atoms with Crippen molar-refractivity contribution in [3.63, 3.8) is 0 Å². The monoisotopic (exact) mass is 402 g/mol. The van der Waals surface area contributed by atoms with E-state index in [9.17, 15) is 0 Å². The molecule has 0 amide bonds. The number of ether oxygens (including phenoxy) is 1.